The van der Waals surface area contributed by atoms with E-state index >= 15 is 0 Å². The summed E-state index contributed by atoms with van der Waals surface area (Å²) in [6.07, 6.45) is 3.10. The second kappa shape index (κ2) is 13.7. The molecule has 0 N–H and O–H groups in total. The molecule has 3 fully saturated rings. The zero-order valence-electron chi connectivity index (χ0n) is 27.0. The average molecular weight is 734 g/mol. The summed E-state index contributed by atoms with van der Waals surface area (Å²) in [6, 6.07) is 9.38. The maximum absolute atomic E-state index is 14.4. The Balaban J connectivity index is 1.56. The highest BCUT2D eigenvalue weighted by molar-refractivity contribution is 7.90. The van der Waals surface area contributed by atoms with E-state index in [-0.39, 0.29) is 100 Å². The van der Waals surface area contributed by atoms with Gasteiger partial charge in [-0.1, -0.05) is 24.3 Å². The third kappa shape index (κ3) is 6.10. The largest absolute Gasteiger partial charge is 0.493 e. The Kier molecular flexibility index (Phi) is 9.62. The van der Waals surface area contributed by atoms with Crippen LogP contribution in [0.1, 0.15) is 12.8 Å². The van der Waals surface area contributed by atoms with Crippen molar-refractivity contribution in [2.45, 2.75) is 27.5 Å². The molecule has 0 aliphatic carbocycles. The zero-order valence-corrected chi connectivity index (χ0v) is 29.5. The molecule has 7 rings (SSSR count). The van der Waals surface area contributed by atoms with Crippen LogP contribution in [-0.2, 0) is 44.3 Å². The zero-order chi connectivity index (χ0) is 34.4. The summed E-state index contributed by atoms with van der Waals surface area (Å²) in [5.74, 6) is 0.303. The number of nitrogens with zero attached hydrogens (tertiary/aromatic N) is 3. The molecule has 4 aromatic rings. The van der Waals surface area contributed by atoms with Gasteiger partial charge in [-0.15, -0.1) is 6.58 Å². The van der Waals surface area contributed by atoms with Gasteiger partial charge in [-0.3, -0.25) is 0 Å². The Hall–Kier alpha value is -2.93. The van der Waals surface area contributed by atoms with E-state index in [0.717, 1.165) is 0 Å². The Bertz CT molecular complexity index is 2140. The van der Waals surface area contributed by atoms with Gasteiger partial charge in [0.15, 0.2) is 0 Å². The van der Waals surface area contributed by atoms with E-state index in [1.54, 1.807) is 30.3 Å². The lowest BCUT2D eigenvalue weighted by Crippen LogP contribution is -2.41. The fraction of sp³-hybridized carbons (Fsp3) is 0.455. The molecule has 0 radical (unpaired) electrons. The minimum Gasteiger partial charge on any atom is -0.493 e. The SMILES string of the molecule is C=CCCCOc1cc(S(=O)(=O)N2CCOCC2)c2ccc3c(S(=O)(=O)N4CCOCC4)cc(S(=O)(=O)N4CCOCC4)c4ccc1c2c43. The smallest absolute Gasteiger partial charge is 0.243 e. The van der Waals surface area contributed by atoms with Gasteiger partial charge >= 0.3 is 0 Å². The highest BCUT2D eigenvalue weighted by Crippen LogP contribution is 2.46. The third-order valence-corrected chi connectivity index (χ3v) is 15.1. The van der Waals surface area contributed by atoms with Crippen LogP contribution in [0.5, 0.6) is 5.75 Å². The van der Waals surface area contributed by atoms with E-state index in [2.05, 4.69) is 6.58 Å². The lowest BCUT2D eigenvalue weighted by Gasteiger charge is -2.30. The Morgan fingerprint density at radius 3 is 1.37 bits per heavy atom. The number of hydrogen-bond donors (Lipinski definition) is 0. The summed E-state index contributed by atoms with van der Waals surface area (Å²) >= 11 is 0. The molecule has 3 aliphatic rings. The van der Waals surface area contributed by atoms with Crippen molar-refractivity contribution < 1.29 is 44.2 Å². The molecule has 0 amide bonds. The fourth-order valence-electron chi connectivity index (χ4n) is 6.81. The first kappa shape index (κ1) is 34.5. The Morgan fingerprint density at radius 1 is 0.592 bits per heavy atom. The molecule has 0 saturated carbocycles. The average Bonchev–Trinajstić information content (AvgIpc) is 3.13. The van der Waals surface area contributed by atoms with Crippen LogP contribution < -0.4 is 4.74 Å². The fourth-order valence-corrected chi connectivity index (χ4v) is 11.7. The van der Waals surface area contributed by atoms with Crippen molar-refractivity contribution >= 4 is 62.4 Å². The Labute approximate surface area is 286 Å². The molecular weight excluding hydrogens is 695 g/mol. The summed E-state index contributed by atoms with van der Waals surface area (Å²) in [6.45, 7) is 6.16. The second-order valence-electron chi connectivity index (χ2n) is 12.1. The molecular formula is C33H39N3O10S3. The molecule has 3 aliphatic heterocycles. The van der Waals surface area contributed by atoms with Gasteiger partial charge in [-0.05, 0) is 25.0 Å². The minimum absolute atomic E-state index is 0.00551. The number of allylic oxidation sites excluding steroid dienone is 1. The van der Waals surface area contributed by atoms with Gasteiger partial charge in [0.05, 0.1) is 60.9 Å². The molecule has 4 aromatic carbocycles. The van der Waals surface area contributed by atoms with E-state index < -0.39 is 30.1 Å². The van der Waals surface area contributed by atoms with Gasteiger partial charge in [0, 0.05) is 77.7 Å². The maximum Gasteiger partial charge on any atom is 0.243 e. The first-order valence-corrected chi connectivity index (χ1v) is 20.6. The highest BCUT2D eigenvalue weighted by Gasteiger charge is 2.36. The van der Waals surface area contributed by atoms with Gasteiger partial charge in [0.2, 0.25) is 30.1 Å². The molecule has 0 atom stereocenters. The first-order valence-electron chi connectivity index (χ1n) is 16.3. The number of morpholine rings is 3. The van der Waals surface area contributed by atoms with E-state index in [1.165, 1.54) is 25.0 Å². The van der Waals surface area contributed by atoms with Crippen LogP contribution in [0.4, 0.5) is 0 Å². The monoisotopic (exact) mass is 733 g/mol. The van der Waals surface area contributed by atoms with Crippen molar-refractivity contribution in [2.75, 3.05) is 85.5 Å². The number of benzene rings is 4. The highest BCUT2D eigenvalue weighted by atomic mass is 32.2. The predicted octanol–water partition coefficient (Wildman–Crippen LogP) is 2.99. The summed E-state index contributed by atoms with van der Waals surface area (Å²) in [5.41, 5.74) is 0. The van der Waals surface area contributed by atoms with E-state index in [1.807, 2.05) is 0 Å². The lowest BCUT2D eigenvalue weighted by atomic mass is 9.93. The molecule has 16 heteroatoms. The standard InChI is InChI=1S/C33H39N3O10S3/c1-2-3-4-15-46-28-22-29(47(37,38)34-9-16-43-17-10-34)25-7-8-27-31(49(41,42)36-13-20-45-21-14-36)23-30(26-6-5-24(28)32(25)33(26)27)48(39,40)35-11-18-44-19-12-35/h2,5-8,22-23H,1,3-4,9-21H2. The Morgan fingerprint density at radius 2 is 0.959 bits per heavy atom. The summed E-state index contributed by atoms with van der Waals surface area (Å²) < 4.78 is 113. The minimum atomic E-state index is -4.22. The molecule has 264 valence electrons. The van der Waals surface area contributed by atoms with Crippen LogP contribution in [0.3, 0.4) is 0 Å². The van der Waals surface area contributed by atoms with Crippen molar-refractivity contribution in [1.29, 1.82) is 0 Å². The quantitative estimate of drug-likeness (QED) is 0.128. The first-order chi connectivity index (χ1) is 23.6. The van der Waals surface area contributed by atoms with Crippen LogP contribution in [0, 0.1) is 0 Å². The summed E-state index contributed by atoms with van der Waals surface area (Å²) in [4.78, 5) is -0.343. The van der Waals surface area contributed by atoms with Gasteiger partial charge in [-0.2, -0.15) is 12.9 Å². The molecule has 49 heavy (non-hydrogen) atoms. The topological polar surface area (TPSA) is 149 Å². The number of sulfonamides is 3. The number of rotatable bonds is 11. The molecule has 13 nitrogen and oxygen atoms in total. The van der Waals surface area contributed by atoms with Crippen LogP contribution in [0.2, 0.25) is 0 Å². The number of hydrogen-bond acceptors (Lipinski definition) is 10. The molecule has 0 aromatic heterocycles. The van der Waals surface area contributed by atoms with Crippen molar-refractivity contribution in [3.05, 3.63) is 49.1 Å². The van der Waals surface area contributed by atoms with Crippen molar-refractivity contribution in [3.8, 4) is 5.75 Å². The van der Waals surface area contributed by atoms with E-state index in [4.69, 9.17) is 18.9 Å². The van der Waals surface area contributed by atoms with Gasteiger partial charge in [0.1, 0.15) is 5.75 Å². The normalized spacial score (nSPS) is 19.6. The predicted molar refractivity (Wildman–Crippen MR) is 184 cm³/mol. The second-order valence-corrected chi connectivity index (χ2v) is 17.9. The molecule has 3 heterocycles. The number of ether oxygens (including phenoxy) is 4. The van der Waals surface area contributed by atoms with Gasteiger partial charge < -0.3 is 18.9 Å². The lowest BCUT2D eigenvalue weighted by molar-refractivity contribution is 0.0729. The van der Waals surface area contributed by atoms with Crippen LogP contribution >= 0.6 is 0 Å². The maximum atomic E-state index is 14.4. The molecule has 3 saturated heterocycles. The van der Waals surface area contributed by atoms with Crippen molar-refractivity contribution in [2.24, 2.45) is 0 Å². The van der Waals surface area contributed by atoms with E-state index in [9.17, 15) is 25.3 Å². The molecule has 0 unspecified atom stereocenters. The molecule has 0 bridgehead atoms. The van der Waals surface area contributed by atoms with Crippen LogP contribution in [0.15, 0.2) is 63.7 Å². The van der Waals surface area contributed by atoms with Crippen LogP contribution in [0.25, 0.3) is 32.3 Å². The van der Waals surface area contributed by atoms with E-state index in [0.29, 0.717) is 50.9 Å². The summed E-state index contributed by atoms with van der Waals surface area (Å²) in [5, 5.41) is 2.22. The van der Waals surface area contributed by atoms with Gasteiger partial charge in [-0.25, -0.2) is 25.3 Å². The van der Waals surface area contributed by atoms with Crippen molar-refractivity contribution in [3.63, 3.8) is 0 Å². The summed E-state index contributed by atoms with van der Waals surface area (Å²) in [7, 11) is -12.5. The third-order valence-electron chi connectivity index (χ3n) is 9.32. The number of unbranched alkanes of at least 4 members (excludes halogenated alkanes) is 1. The van der Waals surface area contributed by atoms with Crippen LogP contribution in [-0.4, -0.2) is 124 Å². The van der Waals surface area contributed by atoms with Gasteiger partial charge in [0.25, 0.3) is 0 Å². The van der Waals surface area contributed by atoms with Crippen molar-refractivity contribution in [1.82, 2.24) is 12.9 Å². The molecule has 0 spiro atoms.